The van der Waals surface area contributed by atoms with E-state index in [1.54, 1.807) is 37.1 Å². The number of hydrogen-bond donors (Lipinski definition) is 2. The number of aromatic nitrogens is 1. The molecule has 3 aromatic rings. The van der Waals surface area contributed by atoms with E-state index in [1.807, 2.05) is 24.3 Å². The van der Waals surface area contributed by atoms with Gasteiger partial charge in [0.15, 0.2) is 5.69 Å². The molecule has 1 atom stereocenters. The number of amides is 1. The van der Waals surface area contributed by atoms with Crippen molar-refractivity contribution in [1.29, 1.82) is 0 Å². The summed E-state index contributed by atoms with van der Waals surface area (Å²) in [5.74, 6) is -0.796. The second-order valence-corrected chi connectivity index (χ2v) is 10.4. The smallest absolute Gasteiger partial charge is 0.322 e. The first-order valence-corrected chi connectivity index (χ1v) is 12.9. The molecule has 1 aromatic heterocycles. The van der Waals surface area contributed by atoms with Crippen molar-refractivity contribution in [2.45, 2.75) is 30.7 Å². The predicted molar refractivity (Wildman–Crippen MR) is 130 cm³/mol. The molecular formula is C25H27N3O7S. The van der Waals surface area contributed by atoms with Gasteiger partial charge in [-0.05, 0) is 61.1 Å². The van der Waals surface area contributed by atoms with Crippen LogP contribution in [0.25, 0.3) is 11.1 Å². The second-order valence-electron chi connectivity index (χ2n) is 8.64. The van der Waals surface area contributed by atoms with Crippen LogP contribution in [0, 0.1) is 12.8 Å². The van der Waals surface area contributed by atoms with Crippen LogP contribution in [-0.2, 0) is 14.8 Å². The Morgan fingerprint density at radius 2 is 1.67 bits per heavy atom. The van der Waals surface area contributed by atoms with Crippen molar-refractivity contribution in [3.05, 3.63) is 66.1 Å². The summed E-state index contributed by atoms with van der Waals surface area (Å²) in [6.07, 6.45) is 0.664. The van der Waals surface area contributed by atoms with E-state index in [-0.39, 0.29) is 29.6 Å². The molecule has 2 N–H and O–H groups in total. The van der Waals surface area contributed by atoms with E-state index in [0.29, 0.717) is 24.4 Å². The fraction of sp³-hybridized carbons (Fsp3) is 0.320. The molecule has 1 aliphatic rings. The fourth-order valence-electron chi connectivity index (χ4n) is 4.26. The highest BCUT2D eigenvalue weighted by atomic mass is 32.2. The Morgan fingerprint density at radius 3 is 2.17 bits per heavy atom. The highest BCUT2D eigenvalue weighted by Gasteiger charge is 2.36. The number of nitrogens with one attached hydrogen (secondary N) is 1. The number of ether oxygens (including phenoxy) is 1. The molecule has 1 fully saturated rings. The van der Waals surface area contributed by atoms with Crippen LogP contribution in [-0.4, -0.2) is 61.7 Å². The maximum atomic E-state index is 13.0. The minimum absolute atomic E-state index is 0.0278. The quantitative estimate of drug-likeness (QED) is 0.469. The Bertz CT molecular complexity index is 1330. The summed E-state index contributed by atoms with van der Waals surface area (Å²) >= 11 is 0. The van der Waals surface area contributed by atoms with E-state index in [0.717, 1.165) is 11.1 Å². The minimum atomic E-state index is -4.09. The topological polar surface area (TPSA) is 139 Å². The van der Waals surface area contributed by atoms with E-state index in [2.05, 4.69) is 9.88 Å². The van der Waals surface area contributed by atoms with E-state index in [4.69, 9.17) is 9.26 Å². The van der Waals surface area contributed by atoms with Gasteiger partial charge >= 0.3 is 5.97 Å². The average molecular weight is 514 g/mol. The van der Waals surface area contributed by atoms with Gasteiger partial charge in [-0.1, -0.05) is 29.4 Å². The lowest BCUT2D eigenvalue weighted by atomic mass is 9.90. The molecule has 0 bridgehead atoms. The van der Waals surface area contributed by atoms with Crippen LogP contribution >= 0.6 is 0 Å². The van der Waals surface area contributed by atoms with Gasteiger partial charge in [-0.3, -0.25) is 9.59 Å². The third kappa shape index (κ3) is 5.58. The summed E-state index contributed by atoms with van der Waals surface area (Å²) in [5, 5.41) is 13.5. The monoisotopic (exact) mass is 513 g/mol. The molecule has 0 spiro atoms. The number of sulfonamides is 1. The normalized spacial score (nSPS) is 15.4. The summed E-state index contributed by atoms with van der Waals surface area (Å²) in [6, 6.07) is 13.8. The Labute approximate surface area is 208 Å². The number of aliphatic carboxylic acids is 1. The lowest BCUT2D eigenvalue weighted by Crippen LogP contribution is -2.50. The Hall–Kier alpha value is -3.70. The standard InChI is InChI=1S/C25H27N3O7S/c1-16-15-22(26-35-16)24(29)28-13-11-19(12-14-28)23(25(30)31)27-36(32,33)21-9-5-18(6-10-21)17-3-7-20(34-2)8-4-17/h3-10,15,19,23,27H,11-14H2,1-2H3,(H,30,31). The molecule has 0 aliphatic carbocycles. The van der Waals surface area contributed by atoms with Crippen molar-refractivity contribution in [2.24, 2.45) is 5.92 Å². The van der Waals surface area contributed by atoms with Crippen molar-refractivity contribution in [1.82, 2.24) is 14.8 Å². The van der Waals surface area contributed by atoms with E-state index >= 15 is 0 Å². The number of carbonyl (C=O) groups excluding carboxylic acids is 1. The highest BCUT2D eigenvalue weighted by molar-refractivity contribution is 7.89. The van der Waals surface area contributed by atoms with Crippen molar-refractivity contribution in [3.8, 4) is 16.9 Å². The Morgan fingerprint density at radius 1 is 1.08 bits per heavy atom. The highest BCUT2D eigenvalue weighted by Crippen LogP contribution is 2.26. The van der Waals surface area contributed by atoms with Crippen LogP contribution in [0.4, 0.5) is 0 Å². The molecule has 0 saturated carbocycles. The third-order valence-corrected chi connectivity index (χ3v) is 7.74. The minimum Gasteiger partial charge on any atom is -0.497 e. The van der Waals surface area contributed by atoms with Crippen molar-refractivity contribution in [2.75, 3.05) is 20.2 Å². The lowest BCUT2D eigenvalue weighted by molar-refractivity contribution is -0.140. The molecule has 190 valence electrons. The van der Waals surface area contributed by atoms with E-state index < -0.39 is 28.0 Å². The molecule has 4 rings (SSSR count). The Balaban J connectivity index is 1.42. The first-order chi connectivity index (χ1) is 17.2. The SMILES string of the molecule is COc1ccc(-c2ccc(S(=O)(=O)NC(C(=O)O)C3CCN(C(=O)c4cc(C)on4)CC3)cc2)cc1. The van der Waals surface area contributed by atoms with Gasteiger partial charge in [0, 0.05) is 19.2 Å². The van der Waals surface area contributed by atoms with Crippen LogP contribution in [0.2, 0.25) is 0 Å². The largest absolute Gasteiger partial charge is 0.497 e. The third-order valence-electron chi connectivity index (χ3n) is 6.28. The number of carbonyl (C=O) groups is 2. The van der Waals surface area contributed by atoms with Crippen molar-refractivity contribution < 1.29 is 32.4 Å². The maximum absolute atomic E-state index is 13.0. The van der Waals surface area contributed by atoms with Gasteiger partial charge < -0.3 is 19.3 Å². The fourth-order valence-corrected chi connectivity index (χ4v) is 5.52. The molecule has 1 saturated heterocycles. The number of aryl methyl sites for hydroxylation is 1. The number of piperidine rings is 1. The average Bonchev–Trinajstić information content (AvgIpc) is 3.33. The number of carboxylic acid groups (broad SMARTS) is 1. The van der Waals surface area contributed by atoms with Gasteiger partial charge in [0.2, 0.25) is 10.0 Å². The number of likely N-dealkylation sites (tertiary alicyclic amines) is 1. The zero-order valence-corrected chi connectivity index (χ0v) is 20.7. The van der Waals surface area contributed by atoms with E-state index in [9.17, 15) is 23.1 Å². The molecule has 11 heteroatoms. The van der Waals surface area contributed by atoms with Gasteiger partial charge in [-0.2, -0.15) is 4.72 Å². The first-order valence-electron chi connectivity index (χ1n) is 11.4. The number of nitrogens with zero attached hydrogens (tertiary/aromatic N) is 2. The first kappa shape index (κ1) is 25.4. The number of methoxy groups -OCH3 is 1. The lowest BCUT2D eigenvalue weighted by Gasteiger charge is -2.34. The van der Waals surface area contributed by atoms with Crippen molar-refractivity contribution in [3.63, 3.8) is 0 Å². The summed E-state index contributed by atoms with van der Waals surface area (Å²) in [4.78, 5) is 26.1. The summed E-state index contributed by atoms with van der Waals surface area (Å²) in [7, 11) is -2.51. The predicted octanol–water partition coefficient (Wildman–Crippen LogP) is 2.94. The van der Waals surface area contributed by atoms with Gasteiger partial charge in [0.25, 0.3) is 5.91 Å². The summed E-state index contributed by atoms with van der Waals surface area (Å²) in [5.41, 5.74) is 1.89. The second kappa shape index (κ2) is 10.5. The van der Waals surface area contributed by atoms with Crippen LogP contribution in [0.15, 0.2) is 64.0 Å². The zero-order chi connectivity index (χ0) is 25.9. The molecule has 36 heavy (non-hydrogen) atoms. The molecule has 0 radical (unpaired) electrons. The van der Waals surface area contributed by atoms with Gasteiger partial charge in [-0.15, -0.1) is 0 Å². The van der Waals surface area contributed by atoms with E-state index in [1.165, 1.54) is 12.1 Å². The Kier molecular flexibility index (Phi) is 7.41. The van der Waals surface area contributed by atoms with Gasteiger partial charge in [0.05, 0.1) is 12.0 Å². The van der Waals surface area contributed by atoms with Crippen LogP contribution in [0.3, 0.4) is 0 Å². The summed E-state index contributed by atoms with van der Waals surface area (Å²) in [6.45, 7) is 2.27. The summed E-state index contributed by atoms with van der Waals surface area (Å²) < 4.78 is 38.5. The van der Waals surface area contributed by atoms with Crippen LogP contribution < -0.4 is 9.46 Å². The molecule has 1 unspecified atom stereocenters. The van der Waals surface area contributed by atoms with Crippen molar-refractivity contribution >= 4 is 21.9 Å². The number of rotatable bonds is 8. The number of benzene rings is 2. The molecule has 10 nitrogen and oxygen atoms in total. The molecular weight excluding hydrogens is 486 g/mol. The molecule has 1 aliphatic heterocycles. The number of carboxylic acids is 1. The van der Waals surface area contributed by atoms with Crippen LogP contribution in [0.1, 0.15) is 29.1 Å². The maximum Gasteiger partial charge on any atom is 0.322 e. The molecule has 2 heterocycles. The van der Waals surface area contributed by atoms with Gasteiger partial charge in [0.1, 0.15) is 17.6 Å². The van der Waals surface area contributed by atoms with Crippen LogP contribution in [0.5, 0.6) is 5.75 Å². The molecule has 2 aromatic carbocycles. The zero-order valence-electron chi connectivity index (χ0n) is 19.9. The molecule has 1 amide bonds. The van der Waals surface area contributed by atoms with Gasteiger partial charge in [-0.25, -0.2) is 8.42 Å². The number of hydrogen-bond acceptors (Lipinski definition) is 7.